The quantitative estimate of drug-likeness (QED) is 0.343. The van der Waals surface area contributed by atoms with Gasteiger partial charge in [-0.05, 0) is 0 Å². The fraction of sp³-hybridized carbons (Fsp3) is 0.583. The number of aliphatic hydroxyl groups is 4. The summed E-state index contributed by atoms with van der Waals surface area (Å²) in [5.41, 5.74) is 6.45. The van der Waals surface area contributed by atoms with Crippen molar-refractivity contribution in [2.24, 2.45) is 0 Å². The minimum Gasteiger partial charge on any atom is -0.395 e. The summed E-state index contributed by atoms with van der Waals surface area (Å²) in [5, 5.41) is 40.8. The smallest absolute Gasteiger partial charge is 0.226 e. The van der Waals surface area contributed by atoms with Crippen LogP contribution >= 0.6 is 0 Å². The van der Waals surface area contributed by atoms with E-state index in [-0.39, 0.29) is 24.9 Å². The first-order valence-electron chi connectivity index (χ1n) is 7.04. The molecule has 0 aromatic carbocycles. The molecular formula is C12H18N6O5. The topological polar surface area (TPSA) is 172 Å². The van der Waals surface area contributed by atoms with Crippen molar-refractivity contribution in [2.75, 3.05) is 30.8 Å². The van der Waals surface area contributed by atoms with Gasteiger partial charge in [-0.25, -0.2) is 4.98 Å². The van der Waals surface area contributed by atoms with E-state index in [2.05, 4.69) is 20.3 Å². The summed E-state index contributed by atoms with van der Waals surface area (Å²) in [5.74, 6) is 0.318. The number of nitrogen functional groups attached to an aromatic ring is 1. The van der Waals surface area contributed by atoms with Gasteiger partial charge in [0.2, 0.25) is 5.95 Å². The molecule has 3 rings (SSSR count). The molecule has 126 valence electrons. The highest BCUT2D eigenvalue weighted by molar-refractivity contribution is 5.82. The first-order valence-corrected chi connectivity index (χ1v) is 7.04. The molecule has 0 radical (unpaired) electrons. The average Bonchev–Trinajstić information content (AvgIpc) is 3.08. The first-order chi connectivity index (χ1) is 11.1. The second kappa shape index (κ2) is 6.22. The maximum atomic E-state index is 10.1. The van der Waals surface area contributed by atoms with Crippen LogP contribution in [0, 0.1) is 0 Å². The van der Waals surface area contributed by atoms with E-state index in [0.717, 1.165) is 0 Å². The molecule has 1 saturated heterocycles. The van der Waals surface area contributed by atoms with Crippen LogP contribution in [0.3, 0.4) is 0 Å². The number of hydrogen-bond donors (Lipinski definition) is 6. The molecule has 11 heteroatoms. The van der Waals surface area contributed by atoms with Crippen LogP contribution in [0.15, 0.2) is 6.33 Å². The van der Waals surface area contributed by atoms with Gasteiger partial charge < -0.3 is 36.2 Å². The molecule has 1 fully saturated rings. The lowest BCUT2D eigenvalue weighted by Crippen LogP contribution is -2.33. The Morgan fingerprint density at radius 1 is 1.26 bits per heavy atom. The molecule has 0 amide bonds. The molecule has 1 aliphatic heterocycles. The summed E-state index contributed by atoms with van der Waals surface area (Å²) in [6.07, 6.45) is -2.99. The zero-order valence-corrected chi connectivity index (χ0v) is 12.1. The van der Waals surface area contributed by atoms with Gasteiger partial charge in [0, 0.05) is 6.54 Å². The number of aromatic nitrogens is 4. The second-order valence-electron chi connectivity index (χ2n) is 5.14. The van der Waals surface area contributed by atoms with E-state index in [0.29, 0.717) is 11.2 Å². The van der Waals surface area contributed by atoms with Gasteiger partial charge in [-0.1, -0.05) is 0 Å². The minimum atomic E-state index is -1.26. The van der Waals surface area contributed by atoms with Crippen molar-refractivity contribution < 1.29 is 25.2 Å². The third kappa shape index (κ3) is 2.68. The molecule has 0 spiro atoms. The number of nitrogens with one attached hydrogen (secondary N) is 1. The number of ether oxygens (including phenoxy) is 1. The van der Waals surface area contributed by atoms with Crippen LogP contribution in [0.4, 0.5) is 11.8 Å². The molecule has 4 atom stereocenters. The number of nitrogens with zero attached hydrogens (tertiary/aromatic N) is 4. The van der Waals surface area contributed by atoms with Gasteiger partial charge in [-0.3, -0.25) is 4.57 Å². The number of anilines is 2. The van der Waals surface area contributed by atoms with Gasteiger partial charge in [0.1, 0.15) is 23.8 Å². The predicted octanol–water partition coefficient (Wildman–Crippen LogP) is -2.58. The van der Waals surface area contributed by atoms with E-state index in [1.807, 2.05) is 0 Å². The number of hydrogen-bond acceptors (Lipinski definition) is 10. The Morgan fingerprint density at radius 3 is 2.70 bits per heavy atom. The van der Waals surface area contributed by atoms with E-state index in [1.165, 1.54) is 10.9 Å². The molecule has 0 aliphatic carbocycles. The van der Waals surface area contributed by atoms with Crippen LogP contribution in [-0.4, -0.2) is 78.0 Å². The van der Waals surface area contributed by atoms with Crippen LogP contribution < -0.4 is 11.1 Å². The minimum absolute atomic E-state index is 0.102. The Balaban J connectivity index is 1.99. The van der Waals surface area contributed by atoms with Crippen molar-refractivity contribution in [1.29, 1.82) is 0 Å². The molecule has 2 aromatic rings. The summed E-state index contributed by atoms with van der Waals surface area (Å²) in [6.45, 7) is -0.288. The highest BCUT2D eigenvalue weighted by atomic mass is 16.6. The maximum Gasteiger partial charge on any atom is 0.226 e. The molecule has 2 aromatic heterocycles. The molecule has 7 N–H and O–H groups in total. The maximum absolute atomic E-state index is 10.1. The molecule has 3 heterocycles. The van der Waals surface area contributed by atoms with Gasteiger partial charge in [0.25, 0.3) is 0 Å². The lowest BCUT2D eigenvalue weighted by molar-refractivity contribution is -0.0511. The molecule has 1 unspecified atom stereocenters. The van der Waals surface area contributed by atoms with Crippen molar-refractivity contribution >= 4 is 22.9 Å². The lowest BCUT2D eigenvalue weighted by Gasteiger charge is -2.16. The Kier molecular flexibility index (Phi) is 4.28. The molecule has 23 heavy (non-hydrogen) atoms. The summed E-state index contributed by atoms with van der Waals surface area (Å²) in [4.78, 5) is 12.4. The van der Waals surface area contributed by atoms with E-state index in [9.17, 15) is 10.2 Å². The molecule has 0 saturated carbocycles. The molecule has 0 bridgehead atoms. The Hall–Kier alpha value is -2.05. The second-order valence-corrected chi connectivity index (χ2v) is 5.14. The SMILES string of the molecule is Nc1nc(NCCO)nc2c1ncn2C1O[C@H](CO)[C@@H](O)[C@H]1O. The summed E-state index contributed by atoms with van der Waals surface area (Å²) in [6, 6.07) is 0. The number of imidazole rings is 1. The number of aliphatic hydroxyl groups excluding tert-OH is 4. The normalized spacial score (nSPS) is 27.7. The summed E-state index contributed by atoms with van der Waals surface area (Å²) < 4.78 is 6.88. The highest BCUT2D eigenvalue weighted by Gasteiger charge is 2.44. The van der Waals surface area contributed by atoms with Crippen molar-refractivity contribution in [1.82, 2.24) is 19.5 Å². The fourth-order valence-corrected chi connectivity index (χ4v) is 2.48. The van der Waals surface area contributed by atoms with E-state index in [4.69, 9.17) is 20.7 Å². The van der Waals surface area contributed by atoms with Crippen LogP contribution in [0.2, 0.25) is 0 Å². The monoisotopic (exact) mass is 326 g/mol. The van der Waals surface area contributed by atoms with Crippen LogP contribution in [0.25, 0.3) is 11.2 Å². The number of fused-ring (bicyclic) bond motifs is 1. The van der Waals surface area contributed by atoms with Gasteiger partial charge >= 0.3 is 0 Å². The van der Waals surface area contributed by atoms with Gasteiger partial charge in [-0.15, -0.1) is 0 Å². The predicted molar refractivity (Wildman–Crippen MR) is 78.3 cm³/mol. The molecular weight excluding hydrogens is 308 g/mol. The zero-order chi connectivity index (χ0) is 16.6. The third-order valence-corrected chi connectivity index (χ3v) is 3.63. The fourth-order valence-electron chi connectivity index (χ4n) is 2.48. The Labute approximate surface area is 130 Å². The van der Waals surface area contributed by atoms with Crippen molar-refractivity contribution in [3.05, 3.63) is 6.33 Å². The third-order valence-electron chi connectivity index (χ3n) is 3.63. The average molecular weight is 326 g/mol. The van der Waals surface area contributed by atoms with Crippen LogP contribution in [0.1, 0.15) is 6.23 Å². The molecule has 1 aliphatic rings. The van der Waals surface area contributed by atoms with E-state index < -0.39 is 31.1 Å². The molecule has 11 nitrogen and oxygen atoms in total. The van der Waals surface area contributed by atoms with Gasteiger partial charge in [0.05, 0.1) is 19.5 Å². The van der Waals surface area contributed by atoms with Gasteiger partial charge in [-0.2, -0.15) is 9.97 Å². The van der Waals surface area contributed by atoms with Crippen molar-refractivity contribution in [3.63, 3.8) is 0 Å². The number of nitrogens with two attached hydrogens (primary N) is 1. The largest absolute Gasteiger partial charge is 0.395 e. The Bertz CT molecular complexity index is 694. The van der Waals surface area contributed by atoms with Crippen LogP contribution in [-0.2, 0) is 4.74 Å². The van der Waals surface area contributed by atoms with Crippen molar-refractivity contribution in [3.8, 4) is 0 Å². The standard InChI is InChI=1S/C12H18N6O5/c13-9-6-10(17-12(16-9)14-1-2-19)18(4-15-6)11-8(22)7(21)5(3-20)23-11/h4-5,7-8,11,19-22H,1-3H2,(H3,13,14,16,17)/t5-,7-,8-,11?/m1/s1. The highest BCUT2D eigenvalue weighted by Crippen LogP contribution is 2.32. The summed E-state index contributed by atoms with van der Waals surface area (Å²) in [7, 11) is 0. The first kappa shape index (κ1) is 15.8. The van der Waals surface area contributed by atoms with Crippen molar-refractivity contribution in [2.45, 2.75) is 24.5 Å². The van der Waals surface area contributed by atoms with E-state index >= 15 is 0 Å². The Morgan fingerprint density at radius 2 is 2.04 bits per heavy atom. The van der Waals surface area contributed by atoms with Crippen LogP contribution in [0.5, 0.6) is 0 Å². The lowest BCUT2D eigenvalue weighted by atomic mass is 10.1. The zero-order valence-electron chi connectivity index (χ0n) is 12.1. The number of rotatable bonds is 5. The summed E-state index contributed by atoms with van der Waals surface area (Å²) >= 11 is 0. The van der Waals surface area contributed by atoms with E-state index in [1.54, 1.807) is 0 Å². The van der Waals surface area contributed by atoms with Gasteiger partial charge in [0.15, 0.2) is 17.7 Å².